The second-order valence-corrected chi connectivity index (χ2v) is 4.88. The molecule has 2 heterocycles. The molecule has 1 saturated heterocycles. The maximum Gasteiger partial charge on any atom is 0.235 e. The summed E-state index contributed by atoms with van der Waals surface area (Å²) in [6, 6.07) is 0. The molecule has 1 fully saturated rings. The topological polar surface area (TPSA) is 51.2 Å². The first-order chi connectivity index (χ1) is 7.77. The summed E-state index contributed by atoms with van der Waals surface area (Å²) in [5.41, 5.74) is -0.377. The Bertz CT molecular complexity index is 350. The Hall–Kier alpha value is -0.650. The first-order valence-electron chi connectivity index (χ1n) is 5.11. The highest BCUT2D eigenvalue weighted by atomic mass is 35.5. The summed E-state index contributed by atoms with van der Waals surface area (Å²) in [7, 11) is 0. The van der Waals surface area contributed by atoms with Crippen LogP contribution in [0.2, 0.25) is 0 Å². The highest BCUT2D eigenvalue weighted by Gasteiger charge is 2.37. The quantitative estimate of drug-likeness (QED) is 0.838. The number of ether oxygens (including phenoxy) is 1. The second-order valence-electron chi connectivity index (χ2n) is 3.71. The SMILES string of the molecule is O=C(CCl)NC1(c2nccs2)CCOCC1. The van der Waals surface area contributed by atoms with Gasteiger partial charge in [0.25, 0.3) is 0 Å². The highest BCUT2D eigenvalue weighted by Crippen LogP contribution is 2.33. The van der Waals surface area contributed by atoms with E-state index >= 15 is 0 Å². The van der Waals surface area contributed by atoms with E-state index in [4.69, 9.17) is 16.3 Å². The number of aromatic nitrogens is 1. The minimum Gasteiger partial charge on any atom is -0.381 e. The van der Waals surface area contributed by atoms with Crippen molar-refractivity contribution in [2.75, 3.05) is 19.1 Å². The summed E-state index contributed by atoms with van der Waals surface area (Å²) in [4.78, 5) is 15.8. The predicted molar refractivity (Wildman–Crippen MR) is 62.7 cm³/mol. The molecule has 88 valence electrons. The van der Waals surface area contributed by atoms with Gasteiger partial charge in [0.2, 0.25) is 5.91 Å². The number of hydrogen-bond acceptors (Lipinski definition) is 4. The van der Waals surface area contributed by atoms with E-state index in [2.05, 4.69) is 10.3 Å². The Labute approximate surface area is 103 Å². The Morgan fingerprint density at radius 3 is 2.94 bits per heavy atom. The van der Waals surface area contributed by atoms with Crippen LogP contribution < -0.4 is 5.32 Å². The van der Waals surface area contributed by atoms with Crippen LogP contribution >= 0.6 is 22.9 Å². The fraction of sp³-hybridized carbons (Fsp3) is 0.600. The normalized spacial score (nSPS) is 19.3. The van der Waals surface area contributed by atoms with Crippen LogP contribution in [0.5, 0.6) is 0 Å². The lowest BCUT2D eigenvalue weighted by atomic mass is 9.90. The van der Waals surface area contributed by atoms with Gasteiger partial charge in [-0.1, -0.05) is 0 Å². The van der Waals surface area contributed by atoms with Crippen LogP contribution in [-0.4, -0.2) is 30.0 Å². The second kappa shape index (κ2) is 5.12. The van der Waals surface area contributed by atoms with Crippen molar-refractivity contribution >= 4 is 28.8 Å². The van der Waals surface area contributed by atoms with Crippen molar-refractivity contribution in [3.63, 3.8) is 0 Å². The minimum atomic E-state index is -0.377. The number of nitrogens with one attached hydrogen (secondary N) is 1. The molecule has 0 spiro atoms. The maximum absolute atomic E-state index is 11.5. The Balaban J connectivity index is 2.21. The zero-order chi connectivity index (χ0) is 11.4. The van der Waals surface area contributed by atoms with E-state index in [9.17, 15) is 4.79 Å². The highest BCUT2D eigenvalue weighted by molar-refractivity contribution is 7.09. The molecule has 1 aliphatic heterocycles. The van der Waals surface area contributed by atoms with Crippen LogP contribution in [0.4, 0.5) is 0 Å². The molecule has 1 aromatic rings. The third-order valence-corrected chi connectivity index (χ3v) is 3.91. The average molecular weight is 261 g/mol. The van der Waals surface area contributed by atoms with Crippen molar-refractivity contribution in [3.05, 3.63) is 16.6 Å². The first kappa shape index (κ1) is 11.8. The molecule has 4 nitrogen and oxygen atoms in total. The molecule has 1 N–H and O–H groups in total. The molecule has 0 saturated carbocycles. The number of hydrogen-bond donors (Lipinski definition) is 1. The summed E-state index contributed by atoms with van der Waals surface area (Å²) in [5.74, 6) is -0.174. The van der Waals surface area contributed by atoms with E-state index in [1.54, 1.807) is 17.5 Å². The third kappa shape index (κ3) is 2.36. The summed E-state index contributed by atoms with van der Waals surface area (Å²) in [6.07, 6.45) is 3.26. The van der Waals surface area contributed by atoms with Crippen LogP contribution in [0.1, 0.15) is 17.8 Å². The van der Waals surface area contributed by atoms with Gasteiger partial charge in [0.15, 0.2) is 0 Å². The molecule has 0 aromatic carbocycles. The summed E-state index contributed by atoms with van der Waals surface area (Å²) >= 11 is 7.09. The van der Waals surface area contributed by atoms with Crippen molar-refractivity contribution in [1.29, 1.82) is 0 Å². The van der Waals surface area contributed by atoms with Gasteiger partial charge >= 0.3 is 0 Å². The number of halogens is 1. The Kier molecular flexibility index (Phi) is 3.78. The van der Waals surface area contributed by atoms with Gasteiger partial charge in [-0.2, -0.15) is 0 Å². The lowest BCUT2D eigenvalue weighted by Crippen LogP contribution is -2.49. The minimum absolute atomic E-state index is 0.0199. The fourth-order valence-electron chi connectivity index (χ4n) is 1.87. The van der Waals surface area contributed by atoms with Gasteiger partial charge in [-0.15, -0.1) is 22.9 Å². The molecule has 0 aliphatic carbocycles. The summed E-state index contributed by atoms with van der Waals surface area (Å²) in [6.45, 7) is 1.28. The van der Waals surface area contributed by atoms with Gasteiger partial charge in [-0.3, -0.25) is 4.79 Å². The number of carbonyl (C=O) groups excluding carboxylic acids is 1. The zero-order valence-corrected chi connectivity index (χ0v) is 10.3. The molecule has 1 aromatic heterocycles. The number of rotatable bonds is 3. The largest absolute Gasteiger partial charge is 0.381 e. The van der Waals surface area contributed by atoms with Gasteiger partial charge in [-0.25, -0.2) is 4.98 Å². The number of alkyl halides is 1. The molecule has 1 aliphatic rings. The van der Waals surface area contributed by atoms with Gasteiger partial charge in [0, 0.05) is 37.6 Å². The molecule has 0 radical (unpaired) electrons. The zero-order valence-electron chi connectivity index (χ0n) is 8.74. The standard InChI is InChI=1S/C10H13ClN2O2S/c11-7-8(14)13-10(1-4-15-5-2-10)9-12-3-6-16-9/h3,6H,1-2,4-5,7H2,(H,13,14). The van der Waals surface area contributed by atoms with Crippen molar-refractivity contribution < 1.29 is 9.53 Å². The number of amides is 1. The molecular formula is C10H13ClN2O2S. The lowest BCUT2D eigenvalue weighted by molar-refractivity contribution is -0.122. The van der Waals surface area contributed by atoms with E-state index in [0.29, 0.717) is 13.2 Å². The van der Waals surface area contributed by atoms with Gasteiger partial charge in [0.1, 0.15) is 10.9 Å². The summed E-state index contributed by atoms with van der Waals surface area (Å²) < 4.78 is 5.33. The molecule has 2 rings (SSSR count). The molecule has 0 unspecified atom stereocenters. The third-order valence-electron chi connectivity index (χ3n) is 2.69. The van der Waals surface area contributed by atoms with Crippen molar-refractivity contribution in [1.82, 2.24) is 10.3 Å². The van der Waals surface area contributed by atoms with Crippen molar-refractivity contribution in [2.45, 2.75) is 18.4 Å². The van der Waals surface area contributed by atoms with E-state index < -0.39 is 0 Å². The van der Waals surface area contributed by atoms with E-state index in [-0.39, 0.29) is 17.3 Å². The molecule has 16 heavy (non-hydrogen) atoms. The fourth-order valence-corrected chi connectivity index (χ4v) is 2.79. The number of nitrogens with zero attached hydrogens (tertiary/aromatic N) is 1. The Morgan fingerprint density at radius 1 is 1.62 bits per heavy atom. The molecule has 1 amide bonds. The van der Waals surface area contributed by atoms with E-state index in [1.165, 1.54) is 0 Å². The Morgan fingerprint density at radius 2 is 2.38 bits per heavy atom. The van der Waals surface area contributed by atoms with Gasteiger partial charge < -0.3 is 10.1 Å². The monoisotopic (exact) mass is 260 g/mol. The van der Waals surface area contributed by atoms with Crippen LogP contribution in [0.25, 0.3) is 0 Å². The van der Waals surface area contributed by atoms with Crippen molar-refractivity contribution in [3.8, 4) is 0 Å². The van der Waals surface area contributed by atoms with Gasteiger partial charge in [-0.05, 0) is 0 Å². The smallest absolute Gasteiger partial charge is 0.235 e. The van der Waals surface area contributed by atoms with Crippen LogP contribution in [-0.2, 0) is 15.1 Å². The molecule has 6 heteroatoms. The van der Waals surface area contributed by atoms with Gasteiger partial charge in [0.05, 0.1) is 5.54 Å². The molecule has 0 atom stereocenters. The van der Waals surface area contributed by atoms with E-state index in [1.807, 2.05) is 5.38 Å². The number of thiazole rings is 1. The van der Waals surface area contributed by atoms with Crippen LogP contribution in [0.3, 0.4) is 0 Å². The molecule has 0 bridgehead atoms. The summed E-state index contributed by atoms with van der Waals surface area (Å²) in [5, 5.41) is 5.84. The lowest BCUT2D eigenvalue weighted by Gasteiger charge is -2.36. The molecular weight excluding hydrogens is 248 g/mol. The number of carbonyl (C=O) groups is 1. The van der Waals surface area contributed by atoms with E-state index in [0.717, 1.165) is 17.8 Å². The predicted octanol–water partition coefficient (Wildman–Crippen LogP) is 1.50. The van der Waals surface area contributed by atoms with Crippen LogP contribution in [0.15, 0.2) is 11.6 Å². The average Bonchev–Trinajstić information content (AvgIpc) is 2.84. The van der Waals surface area contributed by atoms with Crippen LogP contribution in [0, 0.1) is 0 Å². The maximum atomic E-state index is 11.5. The first-order valence-corrected chi connectivity index (χ1v) is 6.53. The van der Waals surface area contributed by atoms with Crippen molar-refractivity contribution in [2.24, 2.45) is 0 Å².